The van der Waals surface area contributed by atoms with Crippen molar-refractivity contribution < 1.29 is 9.90 Å². The van der Waals surface area contributed by atoms with Gasteiger partial charge in [-0.25, -0.2) is 0 Å². The van der Waals surface area contributed by atoms with Crippen LogP contribution in [0.15, 0.2) is 6.07 Å². The third-order valence-corrected chi connectivity index (χ3v) is 6.09. The maximum Gasteiger partial charge on any atom is 0.264 e. The maximum atomic E-state index is 12.8. The summed E-state index contributed by atoms with van der Waals surface area (Å²) < 4.78 is 0. The van der Waals surface area contributed by atoms with E-state index in [1.807, 2.05) is 18.7 Å². The van der Waals surface area contributed by atoms with Gasteiger partial charge in [-0.1, -0.05) is 6.92 Å². The van der Waals surface area contributed by atoms with Crippen LogP contribution in [-0.2, 0) is 12.8 Å². The average molecular weight is 307 g/mol. The molecule has 3 rings (SSSR count). The zero-order chi connectivity index (χ0) is 15.2. The Balaban J connectivity index is 1.82. The molecule has 2 atom stereocenters. The molecule has 0 bridgehead atoms. The molecule has 1 saturated heterocycles. The molecule has 0 aromatic carbocycles. The van der Waals surface area contributed by atoms with Gasteiger partial charge in [0.2, 0.25) is 0 Å². The highest BCUT2D eigenvalue weighted by atomic mass is 32.1. The van der Waals surface area contributed by atoms with Crippen LogP contribution >= 0.6 is 11.3 Å². The number of amides is 1. The van der Waals surface area contributed by atoms with Crippen molar-refractivity contribution in [1.82, 2.24) is 4.90 Å². The van der Waals surface area contributed by atoms with E-state index in [0.717, 1.165) is 43.0 Å². The molecule has 116 valence electrons. The first kappa shape index (κ1) is 15.0. The van der Waals surface area contributed by atoms with Crippen molar-refractivity contribution in [3.63, 3.8) is 0 Å². The Kier molecular flexibility index (Phi) is 3.87. The second-order valence-corrected chi connectivity index (χ2v) is 8.35. The maximum absolute atomic E-state index is 12.8. The van der Waals surface area contributed by atoms with E-state index in [-0.39, 0.29) is 11.9 Å². The summed E-state index contributed by atoms with van der Waals surface area (Å²) in [7, 11) is 0. The molecule has 1 N–H and O–H groups in total. The Labute approximate surface area is 131 Å². The van der Waals surface area contributed by atoms with Gasteiger partial charge in [0.15, 0.2) is 0 Å². The Bertz CT molecular complexity index is 543. The van der Waals surface area contributed by atoms with Gasteiger partial charge in [-0.3, -0.25) is 4.79 Å². The number of rotatable bonds is 2. The summed E-state index contributed by atoms with van der Waals surface area (Å²) in [6, 6.07) is 2.06. The van der Waals surface area contributed by atoms with Crippen LogP contribution in [0.25, 0.3) is 0 Å². The fraction of sp³-hybridized carbons (Fsp3) is 0.706. The summed E-state index contributed by atoms with van der Waals surface area (Å²) >= 11 is 1.67. The van der Waals surface area contributed by atoms with E-state index < -0.39 is 5.60 Å². The molecule has 1 fully saturated rings. The van der Waals surface area contributed by atoms with Gasteiger partial charge in [-0.2, -0.15) is 0 Å². The van der Waals surface area contributed by atoms with E-state index in [4.69, 9.17) is 0 Å². The van der Waals surface area contributed by atoms with Crippen LogP contribution in [0.3, 0.4) is 0 Å². The molecular weight excluding hydrogens is 282 g/mol. The monoisotopic (exact) mass is 307 g/mol. The van der Waals surface area contributed by atoms with Crippen molar-refractivity contribution >= 4 is 17.2 Å². The third kappa shape index (κ3) is 2.88. The van der Waals surface area contributed by atoms with Gasteiger partial charge in [0.1, 0.15) is 0 Å². The Morgan fingerprint density at radius 2 is 2.19 bits per heavy atom. The van der Waals surface area contributed by atoms with Crippen LogP contribution in [0.4, 0.5) is 0 Å². The first-order valence-electron chi connectivity index (χ1n) is 8.01. The van der Waals surface area contributed by atoms with Gasteiger partial charge in [0.05, 0.1) is 16.5 Å². The summed E-state index contributed by atoms with van der Waals surface area (Å²) in [5.74, 6) is 0.845. The molecule has 4 heteroatoms. The number of carbonyl (C=O) groups is 1. The van der Waals surface area contributed by atoms with E-state index in [1.54, 1.807) is 11.3 Å². The largest absolute Gasteiger partial charge is 0.388 e. The highest BCUT2D eigenvalue weighted by Gasteiger charge is 2.39. The molecule has 1 aromatic heterocycles. The van der Waals surface area contributed by atoms with Crippen LogP contribution < -0.4 is 0 Å². The lowest BCUT2D eigenvalue weighted by Crippen LogP contribution is -2.48. The standard InChI is InChI=1S/C17H25NO2S/c1-11-6-7-13-12(9-11)10-14(21-13)16(19)18-8-4-5-15(18)17(2,3)20/h10-11,15,20H,4-9H2,1-3H3. The number of thiophene rings is 1. The lowest BCUT2D eigenvalue weighted by molar-refractivity contribution is 0.000518. The minimum absolute atomic E-state index is 0.0527. The minimum Gasteiger partial charge on any atom is -0.388 e. The predicted molar refractivity (Wildman–Crippen MR) is 85.9 cm³/mol. The first-order chi connectivity index (χ1) is 9.86. The summed E-state index contributed by atoms with van der Waals surface area (Å²) in [6.45, 7) is 6.67. The minimum atomic E-state index is -0.822. The van der Waals surface area contributed by atoms with E-state index in [2.05, 4.69) is 13.0 Å². The van der Waals surface area contributed by atoms with Crippen molar-refractivity contribution in [2.75, 3.05) is 6.54 Å². The number of carbonyl (C=O) groups excluding carboxylic acids is 1. The lowest BCUT2D eigenvalue weighted by Gasteiger charge is -2.33. The van der Waals surface area contributed by atoms with Gasteiger partial charge in [0, 0.05) is 11.4 Å². The number of nitrogens with zero attached hydrogens (tertiary/aromatic N) is 1. The van der Waals surface area contributed by atoms with Crippen LogP contribution in [0.1, 0.15) is 60.1 Å². The molecule has 2 heterocycles. The SMILES string of the molecule is CC1CCc2sc(C(=O)N3CCCC3C(C)(C)O)cc2C1. The van der Waals surface area contributed by atoms with E-state index in [9.17, 15) is 9.90 Å². The van der Waals surface area contributed by atoms with E-state index in [0.29, 0.717) is 0 Å². The smallest absolute Gasteiger partial charge is 0.264 e. The summed E-state index contributed by atoms with van der Waals surface area (Å²) in [4.78, 5) is 17.0. The summed E-state index contributed by atoms with van der Waals surface area (Å²) in [5, 5.41) is 10.3. The molecule has 2 aliphatic rings. The number of aryl methyl sites for hydroxylation is 1. The summed E-state index contributed by atoms with van der Waals surface area (Å²) in [5.41, 5.74) is 0.554. The Morgan fingerprint density at radius 1 is 1.43 bits per heavy atom. The molecule has 0 radical (unpaired) electrons. The molecule has 1 aromatic rings. The van der Waals surface area contributed by atoms with E-state index >= 15 is 0 Å². The molecule has 1 aliphatic carbocycles. The predicted octanol–water partition coefficient (Wildman–Crippen LogP) is 3.25. The molecule has 0 saturated carbocycles. The highest BCUT2D eigenvalue weighted by Crippen LogP contribution is 2.35. The number of fused-ring (bicyclic) bond motifs is 1. The van der Waals surface area contributed by atoms with Crippen molar-refractivity contribution in [2.45, 2.75) is 64.5 Å². The van der Waals surface area contributed by atoms with Gasteiger partial charge in [-0.05, 0) is 63.5 Å². The number of likely N-dealkylation sites (tertiary alicyclic amines) is 1. The van der Waals surface area contributed by atoms with E-state index in [1.165, 1.54) is 16.9 Å². The molecular formula is C17H25NO2S. The second-order valence-electron chi connectivity index (χ2n) is 7.22. The van der Waals surface area contributed by atoms with Crippen LogP contribution in [0, 0.1) is 5.92 Å². The Hall–Kier alpha value is -0.870. The first-order valence-corrected chi connectivity index (χ1v) is 8.83. The number of hydrogen-bond acceptors (Lipinski definition) is 3. The van der Waals surface area contributed by atoms with Gasteiger partial charge < -0.3 is 10.0 Å². The van der Waals surface area contributed by atoms with Crippen LogP contribution in [0.2, 0.25) is 0 Å². The summed E-state index contributed by atoms with van der Waals surface area (Å²) in [6.07, 6.45) is 5.34. The molecule has 2 unspecified atom stereocenters. The molecule has 1 amide bonds. The van der Waals surface area contributed by atoms with Gasteiger partial charge in [0.25, 0.3) is 5.91 Å². The molecule has 1 aliphatic heterocycles. The van der Waals surface area contributed by atoms with Crippen molar-refractivity contribution in [2.24, 2.45) is 5.92 Å². The average Bonchev–Trinajstić information content (AvgIpc) is 3.02. The fourth-order valence-electron chi connectivity index (χ4n) is 3.70. The fourth-order valence-corrected chi connectivity index (χ4v) is 4.86. The molecule has 21 heavy (non-hydrogen) atoms. The third-order valence-electron chi connectivity index (χ3n) is 4.87. The molecule has 3 nitrogen and oxygen atoms in total. The number of hydrogen-bond donors (Lipinski definition) is 1. The number of aliphatic hydroxyl groups is 1. The van der Waals surface area contributed by atoms with Crippen LogP contribution in [0.5, 0.6) is 0 Å². The van der Waals surface area contributed by atoms with Gasteiger partial charge >= 0.3 is 0 Å². The molecule has 0 spiro atoms. The normalized spacial score (nSPS) is 26.0. The van der Waals surface area contributed by atoms with Crippen molar-refractivity contribution in [3.8, 4) is 0 Å². The van der Waals surface area contributed by atoms with Gasteiger partial charge in [-0.15, -0.1) is 11.3 Å². The highest BCUT2D eigenvalue weighted by molar-refractivity contribution is 7.14. The Morgan fingerprint density at radius 3 is 2.90 bits per heavy atom. The lowest BCUT2D eigenvalue weighted by atomic mass is 9.90. The quantitative estimate of drug-likeness (QED) is 0.911. The zero-order valence-corrected chi connectivity index (χ0v) is 14.0. The zero-order valence-electron chi connectivity index (χ0n) is 13.2. The topological polar surface area (TPSA) is 40.5 Å². The second kappa shape index (κ2) is 5.40. The van der Waals surface area contributed by atoms with Crippen molar-refractivity contribution in [3.05, 3.63) is 21.4 Å². The van der Waals surface area contributed by atoms with Crippen LogP contribution in [-0.4, -0.2) is 34.1 Å². The van der Waals surface area contributed by atoms with Crippen molar-refractivity contribution in [1.29, 1.82) is 0 Å².